The van der Waals surface area contributed by atoms with Gasteiger partial charge in [-0.2, -0.15) is 0 Å². The fraction of sp³-hybridized carbons (Fsp3) is 0.636. The van der Waals surface area contributed by atoms with Gasteiger partial charge in [-0.3, -0.25) is 9.59 Å². The molecule has 0 radical (unpaired) electrons. The van der Waals surface area contributed by atoms with Crippen molar-refractivity contribution in [2.45, 2.75) is 19.8 Å². The van der Waals surface area contributed by atoms with E-state index in [1.54, 1.807) is 4.90 Å². The zero-order chi connectivity index (χ0) is 11.3. The van der Waals surface area contributed by atoms with Crippen molar-refractivity contribution in [2.24, 2.45) is 5.92 Å². The molecule has 4 nitrogen and oxygen atoms in total. The second kappa shape index (κ2) is 5.53. The van der Waals surface area contributed by atoms with Gasteiger partial charge in [-0.15, -0.1) is 0 Å². The molecule has 84 valence electrons. The largest absolute Gasteiger partial charge is 0.466 e. The minimum atomic E-state index is -0.236. The highest BCUT2D eigenvalue weighted by Gasteiger charge is 2.21. The van der Waals surface area contributed by atoms with Crippen LogP contribution in [-0.2, 0) is 14.3 Å². The zero-order valence-corrected chi connectivity index (χ0v) is 9.07. The normalized spacial score (nSPS) is 17.3. The molecule has 0 aromatic carbocycles. The van der Waals surface area contributed by atoms with E-state index in [2.05, 4.69) is 6.58 Å². The smallest absolute Gasteiger partial charge is 0.302 e. The van der Waals surface area contributed by atoms with Crippen molar-refractivity contribution in [2.75, 3.05) is 19.7 Å². The zero-order valence-electron chi connectivity index (χ0n) is 9.07. The predicted octanol–water partition coefficient (Wildman–Crippen LogP) is 0.974. The summed E-state index contributed by atoms with van der Waals surface area (Å²) in [7, 11) is 0. The van der Waals surface area contributed by atoms with E-state index < -0.39 is 0 Å². The third kappa shape index (κ3) is 3.73. The van der Waals surface area contributed by atoms with Crippen LogP contribution in [0.25, 0.3) is 0 Å². The predicted molar refractivity (Wildman–Crippen MR) is 56.1 cm³/mol. The van der Waals surface area contributed by atoms with E-state index in [0.717, 1.165) is 25.9 Å². The maximum atomic E-state index is 11.3. The molecule has 1 aliphatic heterocycles. The summed E-state index contributed by atoms with van der Waals surface area (Å²) in [6.07, 6.45) is 3.13. The standard InChI is InChI=1S/C11H17NO3/c1-3-11(14)12-6-4-10(5-7-12)8-15-9(2)13/h3,10H,1,4-8H2,2H3. The van der Waals surface area contributed by atoms with Gasteiger partial charge in [0.15, 0.2) is 0 Å². The Balaban J connectivity index is 2.26. The van der Waals surface area contributed by atoms with Gasteiger partial charge >= 0.3 is 5.97 Å². The fourth-order valence-electron chi connectivity index (χ4n) is 1.68. The second-order valence-corrected chi connectivity index (χ2v) is 3.78. The van der Waals surface area contributed by atoms with Crippen LogP contribution in [0.5, 0.6) is 0 Å². The molecular weight excluding hydrogens is 194 g/mol. The highest BCUT2D eigenvalue weighted by molar-refractivity contribution is 5.87. The van der Waals surface area contributed by atoms with Crippen LogP contribution in [0.2, 0.25) is 0 Å². The molecule has 1 fully saturated rings. The number of likely N-dealkylation sites (tertiary alicyclic amines) is 1. The molecule has 1 saturated heterocycles. The fourth-order valence-corrected chi connectivity index (χ4v) is 1.68. The molecule has 0 spiro atoms. The first kappa shape index (κ1) is 11.8. The lowest BCUT2D eigenvalue weighted by molar-refractivity contribution is -0.143. The molecule has 0 aliphatic carbocycles. The molecule has 1 amide bonds. The number of hydrogen-bond donors (Lipinski definition) is 0. The van der Waals surface area contributed by atoms with Crippen molar-refractivity contribution in [1.29, 1.82) is 0 Å². The number of hydrogen-bond acceptors (Lipinski definition) is 3. The monoisotopic (exact) mass is 211 g/mol. The summed E-state index contributed by atoms with van der Waals surface area (Å²) in [4.78, 5) is 23.6. The molecule has 4 heteroatoms. The molecule has 1 aliphatic rings. The van der Waals surface area contributed by atoms with Gasteiger partial charge in [-0.25, -0.2) is 0 Å². The molecule has 1 heterocycles. The van der Waals surface area contributed by atoms with Gasteiger partial charge in [0.05, 0.1) is 6.61 Å². The van der Waals surface area contributed by atoms with E-state index in [1.165, 1.54) is 13.0 Å². The van der Waals surface area contributed by atoms with E-state index in [-0.39, 0.29) is 11.9 Å². The molecule has 0 unspecified atom stereocenters. The summed E-state index contributed by atoms with van der Waals surface area (Å²) in [6, 6.07) is 0. The van der Waals surface area contributed by atoms with Crippen LogP contribution in [0.15, 0.2) is 12.7 Å². The molecular formula is C11H17NO3. The van der Waals surface area contributed by atoms with Crippen LogP contribution in [0.1, 0.15) is 19.8 Å². The number of amides is 1. The van der Waals surface area contributed by atoms with E-state index in [9.17, 15) is 9.59 Å². The first-order chi connectivity index (χ1) is 7.13. The molecule has 0 aromatic heterocycles. The third-order valence-corrected chi connectivity index (χ3v) is 2.62. The Bertz CT molecular complexity index is 255. The van der Waals surface area contributed by atoms with Gasteiger partial charge < -0.3 is 9.64 Å². The van der Waals surface area contributed by atoms with Gasteiger partial charge in [0, 0.05) is 20.0 Å². The van der Waals surface area contributed by atoms with Crippen LogP contribution < -0.4 is 0 Å². The van der Waals surface area contributed by atoms with E-state index in [4.69, 9.17) is 4.74 Å². The van der Waals surface area contributed by atoms with Crippen molar-refractivity contribution in [1.82, 2.24) is 4.90 Å². The minimum Gasteiger partial charge on any atom is -0.466 e. The summed E-state index contributed by atoms with van der Waals surface area (Å²) in [5.74, 6) is 0.142. The Morgan fingerprint density at radius 1 is 1.47 bits per heavy atom. The van der Waals surface area contributed by atoms with Crippen molar-refractivity contribution in [3.63, 3.8) is 0 Å². The number of carbonyl (C=O) groups excluding carboxylic acids is 2. The van der Waals surface area contributed by atoms with E-state index >= 15 is 0 Å². The summed E-state index contributed by atoms with van der Waals surface area (Å²) < 4.78 is 4.94. The second-order valence-electron chi connectivity index (χ2n) is 3.78. The summed E-state index contributed by atoms with van der Waals surface area (Å²) >= 11 is 0. The van der Waals surface area contributed by atoms with Crippen LogP contribution in [0.4, 0.5) is 0 Å². The van der Waals surface area contributed by atoms with Crippen LogP contribution in [0.3, 0.4) is 0 Å². The lowest BCUT2D eigenvalue weighted by Gasteiger charge is -2.30. The third-order valence-electron chi connectivity index (χ3n) is 2.62. The van der Waals surface area contributed by atoms with Crippen molar-refractivity contribution in [3.05, 3.63) is 12.7 Å². The minimum absolute atomic E-state index is 0.0130. The van der Waals surface area contributed by atoms with Gasteiger partial charge in [-0.05, 0) is 24.8 Å². The number of carbonyl (C=O) groups is 2. The summed E-state index contributed by atoms with van der Waals surface area (Å²) in [6.45, 7) is 6.81. The number of rotatable bonds is 3. The van der Waals surface area contributed by atoms with Gasteiger partial charge in [0.25, 0.3) is 0 Å². The number of esters is 1. The van der Waals surface area contributed by atoms with Crippen molar-refractivity contribution < 1.29 is 14.3 Å². The maximum absolute atomic E-state index is 11.3. The Labute approximate surface area is 89.9 Å². The Morgan fingerprint density at radius 3 is 2.53 bits per heavy atom. The Kier molecular flexibility index (Phi) is 4.34. The van der Waals surface area contributed by atoms with Gasteiger partial charge in [0.2, 0.25) is 5.91 Å². The molecule has 1 rings (SSSR count). The lowest BCUT2D eigenvalue weighted by Crippen LogP contribution is -2.38. The Hall–Kier alpha value is -1.32. The van der Waals surface area contributed by atoms with E-state index in [0.29, 0.717) is 12.5 Å². The van der Waals surface area contributed by atoms with Crippen LogP contribution >= 0.6 is 0 Å². The maximum Gasteiger partial charge on any atom is 0.302 e. The molecule has 15 heavy (non-hydrogen) atoms. The quantitative estimate of drug-likeness (QED) is 0.516. The molecule has 0 N–H and O–H groups in total. The molecule has 0 atom stereocenters. The lowest BCUT2D eigenvalue weighted by atomic mass is 9.98. The average molecular weight is 211 g/mol. The first-order valence-electron chi connectivity index (χ1n) is 5.18. The van der Waals surface area contributed by atoms with Crippen molar-refractivity contribution >= 4 is 11.9 Å². The van der Waals surface area contributed by atoms with Crippen LogP contribution in [0, 0.1) is 5.92 Å². The topological polar surface area (TPSA) is 46.6 Å². The molecule has 0 saturated carbocycles. The van der Waals surface area contributed by atoms with Gasteiger partial charge in [-0.1, -0.05) is 6.58 Å². The molecule has 0 bridgehead atoms. The summed E-state index contributed by atoms with van der Waals surface area (Å²) in [5.41, 5.74) is 0. The van der Waals surface area contributed by atoms with Crippen LogP contribution in [-0.4, -0.2) is 36.5 Å². The highest BCUT2D eigenvalue weighted by atomic mass is 16.5. The first-order valence-corrected chi connectivity index (χ1v) is 5.18. The number of ether oxygens (including phenoxy) is 1. The van der Waals surface area contributed by atoms with Crippen molar-refractivity contribution in [3.8, 4) is 0 Å². The molecule has 0 aromatic rings. The van der Waals surface area contributed by atoms with E-state index in [1.807, 2.05) is 0 Å². The number of nitrogens with zero attached hydrogens (tertiary/aromatic N) is 1. The summed E-state index contributed by atoms with van der Waals surface area (Å²) in [5, 5.41) is 0. The average Bonchev–Trinajstić information content (AvgIpc) is 2.26. The number of piperidine rings is 1. The SMILES string of the molecule is C=CC(=O)N1CCC(COC(C)=O)CC1. The highest BCUT2D eigenvalue weighted by Crippen LogP contribution is 2.17. The van der Waals surface area contributed by atoms with Gasteiger partial charge in [0.1, 0.15) is 0 Å². The Morgan fingerprint density at radius 2 is 2.07 bits per heavy atom.